The number of fused-ring (bicyclic) bond motifs is 2. The molecule has 1 saturated heterocycles. The highest BCUT2D eigenvalue weighted by Crippen LogP contribution is 2.40. The molecule has 32 heavy (non-hydrogen) atoms. The topological polar surface area (TPSA) is 104 Å². The highest BCUT2D eigenvalue weighted by atomic mass is 16.5. The van der Waals surface area contributed by atoms with Crippen LogP contribution in [-0.2, 0) is 11.3 Å². The summed E-state index contributed by atoms with van der Waals surface area (Å²) in [5.74, 6) is 0.113. The van der Waals surface area contributed by atoms with Gasteiger partial charge in [0.15, 0.2) is 5.76 Å². The van der Waals surface area contributed by atoms with Gasteiger partial charge in [-0.05, 0) is 30.3 Å². The summed E-state index contributed by atoms with van der Waals surface area (Å²) in [5.41, 5.74) is 3.03. The van der Waals surface area contributed by atoms with E-state index in [1.165, 1.54) is 7.11 Å². The van der Waals surface area contributed by atoms with Crippen molar-refractivity contribution in [2.45, 2.75) is 6.54 Å². The van der Waals surface area contributed by atoms with Crippen LogP contribution in [0.5, 0.6) is 11.5 Å². The largest absolute Gasteiger partial charge is 0.507 e. The fourth-order valence-corrected chi connectivity index (χ4v) is 4.20. The molecule has 0 bridgehead atoms. The van der Waals surface area contributed by atoms with E-state index in [-0.39, 0.29) is 17.3 Å². The van der Waals surface area contributed by atoms with Crippen molar-refractivity contribution in [3.8, 4) is 11.5 Å². The van der Waals surface area contributed by atoms with Crippen molar-refractivity contribution < 1.29 is 24.2 Å². The SMILES string of the molecule is COC(=O)c1ccc2c(/C=C3\Oc4c(ccc(O)c4CN4CCNCC4)C3=O)c[nH]c2c1. The zero-order valence-corrected chi connectivity index (χ0v) is 17.6. The lowest BCUT2D eigenvalue weighted by Crippen LogP contribution is -2.42. The monoisotopic (exact) mass is 433 g/mol. The Bertz CT molecular complexity index is 1250. The van der Waals surface area contributed by atoms with E-state index >= 15 is 0 Å². The first-order valence-corrected chi connectivity index (χ1v) is 10.5. The van der Waals surface area contributed by atoms with Crippen molar-refractivity contribution in [1.29, 1.82) is 0 Å². The van der Waals surface area contributed by atoms with Crippen molar-refractivity contribution >= 4 is 28.7 Å². The van der Waals surface area contributed by atoms with E-state index in [0.29, 0.717) is 29.0 Å². The number of Topliss-reactive ketones (excluding diaryl/α,β-unsaturated/α-hetero) is 1. The van der Waals surface area contributed by atoms with Crippen molar-refractivity contribution in [2.75, 3.05) is 33.3 Å². The number of ketones is 1. The van der Waals surface area contributed by atoms with Gasteiger partial charge in [-0.1, -0.05) is 6.07 Å². The highest BCUT2D eigenvalue weighted by Gasteiger charge is 2.32. The van der Waals surface area contributed by atoms with Gasteiger partial charge in [0.05, 0.1) is 23.8 Å². The van der Waals surface area contributed by atoms with Crippen LogP contribution in [0, 0.1) is 0 Å². The van der Waals surface area contributed by atoms with E-state index in [2.05, 4.69) is 15.2 Å². The van der Waals surface area contributed by atoms with Crippen molar-refractivity contribution in [3.05, 3.63) is 64.5 Å². The zero-order valence-electron chi connectivity index (χ0n) is 17.6. The second-order valence-electron chi connectivity index (χ2n) is 7.90. The number of nitrogens with one attached hydrogen (secondary N) is 2. The molecule has 0 spiro atoms. The summed E-state index contributed by atoms with van der Waals surface area (Å²) >= 11 is 0. The minimum absolute atomic E-state index is 0.124. The number of esters is 1. The third-order valence-electron chi connectivity index (χ3n) is 5.93. The first-order valence-electron chi connectivity index (χ1n) is 10.5. The molecule has 0 unspecified atom stereocenters. The Balaban J connectivity index is 1.47. The molecule has 2 aromatic carbocycles. The van der Waals surface area contributed by atoms with E-state index < -0.39 is 5.97 Å². The number of ether oxygens (including phenoxy) is 2. The summed E-state index contributed by atoms with van der Waals surface area (Å²) in [6, 6.07) is 8.35. The van der Waals surface area contributed by atoms with Crippen molar-refractivity contribution in [3.63, 3.8) is 0 Å². The third-order valence-corrected chi connectivity index (χ3v) is 5.93. The molecule has 0 atom stereocenters. The molecule has 2 aliphatic rings. The van der Waals surface area contributed by atoms with E-state index in [4.69, 9.17) is 9.47 Å². The lowest BCUT2D eigenvalue weighted by Gasteiger charge is -2.27. The van der Waals surface area contributed by atoms with Gasteiger partial charge in [-0.3, -0.25) is 9.69 Å². The summed E-state index contributed by atoms with van der Waals surface area (Å²) in [6.07, 6.45) is 3.45. The molecule has 5 rings (SSSR count). The smallest absolute Gasteiger partial charge is 0.337 e. The van der Waals surface area contributed by atoms with Crippen LogP contribution in [0.4, 0.5) is 0 Å². The molecule has 0 radical (unpaired) electrons. The molecule has 3 aromatic rings. The standard InChI is InChI=1S/C24H23N3O5/c1-31-24(30)14-2-3-16-15(12-26-19(16)10-14)11-21-22(29)17-4-5-20(28)18(23(17)32-21)13-27-8-6-25-7-9-27/h2-5,10-12,25-26,28H,6-9,13H2,1H3/b21-11-. The number of aromatic amines is 1. The number of hydrogen-bond donors (Lipinski definition) is 3. The van der Waals surface area contributed by atoms with E-state index in [0.717, 1.165) is 42.6 Å². The van der Waals surface area contributed by atoms with E-state index in [9.17, 15) is 14.7 Å². The quantitative estimate of drug-likeness (QED) is 0.429. The molecule has 3 heterocycles. The van der Waals surface area contributed by atoms with Gasteiger partial charge >= 0.3 is 5.97 Å². The molecule has 3 N–H and O–H groups in total. The lowest BCUT2D eigenvalue weighted by atomic mass is 10.0. The molecule has 1 aromatic heterocycles. The Morgan fingerprint density at radius 2 is 2.06 bits per heavy atom. The van der Waals surface area contributed by atoms with Gasteiger partial charge in [-0.2, -0.15) is 0 Å². The number of allylic oxidation sites excluding steroid dienone is 1. The van der Waals surface area contributed by atoms with Gasteiger partial charge in [0, 0.05) is 55.4 Å². The minimum Gasteiger partial charge on any atom is -0.507 e. The lowest BCUT2D eigenvalue weighted by molar-refractivity contribution is 0.0600. The predicted octanol–water partition coefficient (Wildman–Crippen LogP) is 2.68. The number of piperazine rings is 1. The van der Waals surface area contributed by atoms with E-state index in [1.807, 2.05) is 0 Å². The minimum atomic E-state index is -0.414. The molecular weight excluding hydrogens is 410 g/mol. The van der Waals surface area contributed by atoms with Crippen LogP contribution in [0.15, 0.2) is 42.3 Å². The molecule has 2 aliphatic heterocycles. The van der Waals surface area contributed by atoms with Crippen molar-refractivity contribution in [1.82, 2.24) is 15.2 Å². The molecular formula is C24H23N3O5. The number of methoxy groups -OCH3 is 1. The summed E-state index contributed by atoms with van der Waals surface area (Å²) < 4.78 is 10.8. The maximum Gasteiger partial charge on any atom is 0.337 e. The average Bonchev–Trinajstić information content (AvgIpc) is 3.36. The Hall–Kier alpha value is -3.62. The van der Waals surface area contributed by atoms with Crippen LogP contribution in [0.3, 0.4) is 0 Å². The van der Waals surface area contributed by atoms with Gasteiger partial charge in [-0.25, -0.2) is 4.79 Å². The Morgan fingerprint density at radius 3 is 2.84 bits per heavy atom. The van der Waals surface area contributed by atoms with Crippen LogP contribution in [0.2, 0.25) is 0 Å². The summed E-state index contributed by atoms with van der Waals surface area (Å²) in [4.78, 5) is 30.1. The van der Waals surface area contributed by atoms with Crippen LogP contribution in [0.1, 0.15) is 31.8 Å². The summed E-state index contributed by atoms with van der Waals surface area (Å²) in [5, 5.41) is 14.6. The normalized spacial score (nSPS) is 17.5. The number of benzene rings is 2. The summed E-state index contributed by atoms with van der Waals surface area (Å²) in [6.45, 7) is 4.02. The summed E-state index contributed by atoms with van der Waals surface area (Å²) in [7, 11) is 1.34. The number of phenolic OH excluding ortho intramolecular Hbond substituents is 1. The van der Waals surface area contributed by atoms with Crippen LogP contribution in [-0.4, -0.2) is 60.0 Å². The van der Waals surface area contributed by atoms with Gasteiger partial charge in [0.25, 0.3) is 0 Å². The molecule has 0 aliphatic carbocycles. The maximum atomic E-state index is 13.0. The molecule has 164 valence electrons. The number of rotatable bonds is 4. The Morgan fingerprint density at radius 1 is 1.25 bits per heavy atom. The van der Waals surface area contributed by atoms with Gasteiger partial charge in [0.1, 0.15) is 11.5 Å². The molecule has 8 nitrogen and oxygen atoms in total. The maximum absolute atomic E-state index is 13.0. The number of H-pyrrole nitrogens is 1. The fourth-order valence-electron chi connectivity index (χ4n) is 4.20. The van der Waals surface area contributed by atoms with Gasteiger partial charge < -0.3 is 24.9 Å². The zero-order chi connectivity index (χ0) is 22.2. The first-order chi connectivity index (χ1) is 15.5. The Labute approximate surface area is 184 Å². The van der Waals surface area contributed by atoms with Crippen LogP contribution >= 0.6 is 0 Å². The molecule has 0 amide bonds. The highest BCUT2D eigenvalue weighted by molar-refractivity contribution is 6.15. The van der Waals surface area contributed by atoms with Gasteiger partial charge in [-0.15, -0.1) is 0 Å². The molecule has 1 fully saturated rings. The fraction of sp³-hybridized carbons (Fsp3) is 0.250. The second kappa shape index (κ2) is 8.14. The second-order valence-corrected chi connectivity index (χ2v) is 7.90. The predicted molar refractivity (Wildman–Crippen MR) is 119 cm³/mol. The van der Waals surface area contributed by atoms with E-state index in [1.54, 1.807) is 42.6 Å². The van der Waals surface area contributed by atoms with Crippen LogP contribution in [0.25, 0.3) is 17.0 Å². The molecule has 8 heteroatoms. The molecule has 0 saturated carbocycles. The number of aromatic nitrogens is 1. The first kappa shape index (κ1) is 20.3. The average molecular weight is 433 g/mol. The number of nitrogens with zero attached hydrogens (tertiary/aromatic N) is 1. The number of carbonyl (C=O) groups excluding carboxylic acids is 2. The van der Waals surface area contributed by atoms with Crippen molar-refractivity contribution in [2.24, 2.45) is 0 Å². The number of phenols is 1. The third kappa shape index (κ3) is 3.53. The van der Waals surface area contributed by atoms with Crippen LogP contribution < -0.4 is 10.1 Å². The number of aromatic hydroxyl groups is 1. The number of hydrogen-bond acceptors (Lipinski definition) is 7. The Kier molecular flexibility index (Phi) is 5.16. The number of carbonyl (C=O) groups is 2. The van der Waals surface area contributed by atoms with Gasteiger partial charge in [0.2, 0.25) is 5.78 Å².